The number of aryl methyl sites for hydroxylation is 1. The first-order valence-corrected chi connectivity index (χ1v) is 11.4. The van der Waals surface area contributed by atoms with Crippen LogP contribution < -0.4 is 5.56 Å². The first kappa shape index (κ1) is 21.0. The minimum atomic E-state index is -0.0773. The lowest BCUT2D eigenvalue weighted by Crippen LogP contribution is -2.41. The maximum atomic E-state index is 13.8. The number of fused-ring (bicyclic) bond motifs is 3. The van der Waals surface area contributed by atoms with Gasteiger partial charge in [0, 0.05) is 42.9 Å². The van der Waals surface area contributed by atoms with Gasteiger partial charge >= 0.3 is 0 Å². The molecule has 3 aromatic rings. The predicted octanol–water partition coefficient (Wildman–Crippen LogP) is 4.64. The molecule has 5 rings (SSSR count). The largest absolute Gasteiger partial charge is 0.381 e. The third-order valence-electron chi connectivity index (χ3n) is 6.60. The Labute approximate surface area is 192 Å². The van der Waals surface area contributed by atoms with Crippen LogP contribution in [0.15, 0.2) is 59.4 Å². The van der Waals surface area contributed by atoms with Crippen molar-refractivity contribution in [1.82, 2.24) is 9.47 Å². The summed E-state index contributed by atoms with van der Waals surface area (Å²) in [6, 6.07) is 17.1. The maximum absolute atomic E-state index is 13.8. The molecule has 1 saturated heterocycles. The van der Waals surface area contributed by atoms with E-state index >= 15 is 0 Å². The molecular weight excluding hydrogens is 424 g/mol. The summed E-state index contributed by atoms with van der Waals surface area (Å²) in [6.07, 6.45) is 2.53. The Morgan fingerprint density at radius 3 is 2.47 bits per heavy atom. The zero-order chi connectivity index (χ0) is 22.2. The molecule has 0 unspecified atom stereocenters. The van der Waals surface area contributed by atoms with Gasteiger partial charge in [-0.1, -0.05) is 48.0 Å². The van der Waals surface area contributed by atoms with Gasteiger partial charge in [0.15, 0.2) is 0 Å². The Bertz CT molecular complexity index is 1230. The van der Waals surface area contributed by atoms with Gasteiger partial charge in [-0.3, -0.25) is 9.59 Å². The fourth-order valence-electron chi connectivity index (χ4n) is 4.84. The van der Waals surface area contributed by atoms with Crippen molar-refractivity contribution in [3.63, 3.8) is 0 Å². The van der Waals surface area contributed by atoms with E-state index in [2.05, 4.69) is 0 Å². The topological polar surface area (TPSA) is 51.5 Å². The Morgan fingerprint density at radius 1 is 1.00 bits per heavy atom. The van der Waals surface area contributed by atoms with E-state index in [1.807, 2.05) is 53.4 Å². The molecule has 2 aromatic carbocycles. The summed E-state index contributed by atoms with van der Waals surface area (Å²) >= 11 is 6.33. The number of pyridine rings is 1. The molecule has 0 aliphatic carbocycles. The number of hydrogen-bond donors (Lipinski definition) is 0. The third-order valence-corrected chi connectivity index (χ3v) is 6.83. The second-order valence-corrected chi connectivity index (χ2v) is 8.86. The summed E-state index contributed by atoms with van der Waals surface area (Å²) in [5, 5.41) is 0.594. The normalized spacial score (nSPS) is 15.9. The fraction of sp³-hybridized carbons (Fsp3) is 0.308. The average Bonchev–Trinajstić information content (AvgIpc) is 2.84. The molecule has 0 radical (unpaired) electrons. The van der Waals surface area contributed by atoms with E-state index in [1.165, 1.54) is 0 Å². The maximum Gasteiger partial charge on any atom is 0.258 e. The summed E-state index contributed by atoms with van der Waals surface area (Å²) in [7, 11) is 1.72. The molecule has 0 spiro atoms. The van der Waals surface area contributed by atoms with E-state index in [-0.39, 0.29) is 17.6 Å². The lowest BCUT2D eigenvalue weighted by atomic mass is 9.91. The van der Waals surface area contributed by atoms with Crippen molar-refractivity contribution < 1.29 is 9.53 Å². The van der Waals surface area contributed by atoms with Crippen LogP contribution in [-0.4, -0.2) is 41.7 Å². The molecule has 0 N–H and O–H groups in total. The van der Waals surface area contributed by atoms with Crippen molar-refractivity contribution in [2.75, 3.05) is 20.2 Å². The van der Waals surface area contributed by atoms with Crippen molar-refractivity contribution in [2.45, 2.75) is 31.9 Å². The molecule has 1 amide bonds. The highest BCUT2D eigenvalue weighted by molar-refractivity contribution is 6.31. The van der Waals surface area contributed by atoms with E-state index < -0.39 is 0 Å². The van der Waals surface area contributed by atoms with Crippen molar-refractivity contribution in [1.29, 1.82) is 0 Å². The zero-order valence-corrected chi connectivity index (χ0v) is 18.8. The molecule has 0 saturated carbocycles. The minimum absolute atomic E-state index is 0.0479. The summed E-state index contributed by atoms with van der Waals surface area (Å²) in [5.41, 5.74) is 4.50. The Hall–Kier alpha value is -2.89. The standard InChI is InChI=1S/C26H25ClN2O3/c1-32-20-10-12-28(13-11-20)25(30)23-16-22(17-5-3-2-4-6-17)26(31)29-14-9-18-7-8-19(27)15-21(18)24(23)29/h2-8,15-16,20H,9-14H2,1H3. The number of methoxy groups -OCH3 is 1. The van der Waals surface area contributed by atoms with Crippen LogP contribution in [-0.2, 0) is 17.7 Å². The fourth-order valence-corrected chi connectivity index (χ4v) is 5.01. The van der Waals surface area contributed by atoms with Crippen molar-refractivity contribution in [2.24, 2.45) is 0 Å². The highest BCUT2D eigenvalue weighted by atomic mass is 35.5. The molecule has 1 aromatic heterocycles. The Morgan fingerprint density at radius 2 is 1.75 bits per heavy atom. The number of ether oxygens (including phenoxy) is 1. The monoisotopic (exact) mass is 448 g/mol. The number of likely N-dealkylation sites (tertiary alicyclic amines) is 1. The molecule has 164 valence electrons. The molecule has 2 aliphatic heterocycles. The van der Waals surface area contributed by atoms with Crippen LogP contribution in [0.2, 0.25) is 5.02 Å². The van der Waals surface area contributed by atoms with Gasteiger partial charge in [0.1, 0.15) is 0 Å². The van der Waals surface area contributed by atoms with E-state index in [0.717, 1.165) is 36.0 Å². The second-order valence-electron chi connectivity index (χ2n) is 8.42. The third kappa shape index (κ3) is 3.65. The van der Waals surface area contributed by atoms with Crippen molar-refractivity contribution in [3.8, 4) is 22.4 Å². The highest BCUT2D eigenvalue weighted by Gasteiger charge is 2.30. The van der Waals surface area contributed by atoms with Crippen molar-refractivity contribution in [3.05, 3.63) is 81.1 Å². The molecule has 0 atom stereocenters. The van der Waals surface area contributed by atoms with Crippen LogP contribution in [0.3, 0.4) is 0 Å². The molecule has 2 aliphatic rings. The zero-order valence-electron chi connectivity index (χ0n) is 18.0. The molecule has 1 fully saturated rings. The number of halogens is 1. The number of benzene rings is 2. The van der Waals surface area contributed by atoms with Crippen LogP contribution in [0.1, 0.15) is 28.8 Å². The van der Waals surface area contributed by atoms with E-state index in [1.54, 1.807) is 17.7 Å². The van der Waals surface area contributed by atoms with Crippen LogP contribution in [0.5, 0.6) is 0 Å². The smallest absolute Gasteiger partial charge is 0.258 e. The molecule has 32 heavy (non-hydrogen) atoms. The Balaban J connectivity index is 1.69. The first-order chi connectivity index (χ1) is 15.6. The average molecular weight is 449 g/mol. The van der Waals surface area contributed by atoms with Gasteiger partial charge in [-0.15, -0.1) is 0 Å². The lowest BCUT2D eigenvalue weighted by molar-refractivity contribution is 0.0351. The molecule has 0 bridgehead atoms. The van der Waals surface area contributed by atoms with Gasteiger partial charge in [0.05, 0.1) is 17.4 Å². The van der Waals surface area contributed by atoms with Gasteiger partial charge in [0.25, 0.3) is 11.5 Å². The number of aromatic nitrogens is 1. The number of carbonyl (C=O) groups excluding carboxylic acids is 1. The quantitative estimate of drug-likeness (QED) is 0.586. The number of carbonyl (C=O) groups is 1. The van der Waals surface area contributed by atoms with E-state index in [9.17, 15) is 9.59 Å². The Kier molecular flexibility index (Phi) is 5.62. The van der Waals surface area contributed by atoms with Gasteiger partial charge < -0.3 is 14.2 Å². The van der Waals surface area contributed by atoms with Gasteiger partial charge in [-0.25, -0.2) is 0 Å². The number of rotatable bonds is 3. The van der Waals surface area contributed by atoms with Crippen LogP contribution in [0.25, 0.3) is 22.4 Å². The van der Waals surface area contributed by atoms with E-state index in [4.69, 9.17) is 16.3 Å². The van der Waals surface area contributed by atoms with Gasteiger partial charge in [-0.05, 0) is 48.6 Å². The van der Waals surface area contributed by atoms with Crippen LogP contribution in [0.4, 0.5) is 0 Å². The van der Waals surface area contributed by atoms with Crippen LogP contribution in [0, 0.1) is 0 Å². The van der Waals surface area contributed by atoms with Gasteiger partial charge in [0.2, 0.25) is 0 Å². The predicted molar refractivity (Wildman–Crippen MR) is 126 cm³/mol. The van der Waals surface area contributed by atoms with Gasteiger partial charge in [-0.2, -0.15) is 0 Å². The van der Waals surface area contributed by atoms with Crippen molar-refractivity contribution >= 4 is 17.5 Å². The first-order valence-electron chi connectivity index (χ1n) is 11.0. The molecular formula is C26H25ClN2O3. The minimum Gasteiger partial charge on any atom is -0.381 e. The summed E-state index contributed by atoms with van der Waals surface area (Å²) < 4.78 is 7.23. The molecule has 6 heteroatoms. The van der Waals surface area contributed by atoms with E-state index in [0.29, 0.717) is 41.5 Å². The molecule has 3 heterocycles. The summed E-state index contributed by atoms with van der Waals surface area (Å²) in [6.45, 7) is 1.81. The lowest BCUT2D eigenvalue weighted by Gasteiger charge is -2.33. The summed E-state index contributed by atoms with van der Waals surface area (Å²) in [5.74, 6) is -0.0479. The van der Waals surface area contributed by atoms with Crippen LogP contribution >= 0.6 is 11.6 Å². The second kappa shape index (κ2) is 8.57. The summed E-state index contributed by atoms with van der Waals surface area (Å²) in [4.78, 5) is 29.2. The number of amides is 1. The number of piperidine rings is 1. The highest BCUT2D eigenvalue weighted by Crippen LogP contribution is 2.35. The SMILES string of the molecule is COC1CCN(C(=O)c2cc(-c3ccccc3)c(=O)n3c2-c2cc(Cl)ccc2CC3)CC1. The number of nitrogens with zero attached hydrogens (tertiary/aromatic N) is 2. The molecule has 5 nitrogen and oxygen atoms in total. The number of hydrogen-bond acceptors (Lipinski definition) is 3.